The molecule has 0 N–H and O–H groups in total. The average Bonchev–Trinajstić information content (AvgIpc) is 2.44. The van der Waals surface area contributed by atoms with Crippen molar-refractivity contribution in [2.45, 2.75) is 58.4 Å². The van der Waals surface area contributed by atoms with Gasteiger partial charge in [-0.3, -0.25) is 9.69 Å². The lowest BCUT2D eigenvalue weighted by molar-refractivity contribution is -0.140. The van der Waals surface area contributed by atoms with Crippen LogP contribution in [0.15, 0.2) is 0 Å². The Kier molecular flexibility index (Phi) is 3.78. The van der Waals surface area contributed by atoms with Gasteiger partial charge in [0, 0.05) is 12.5 Å². The highest BCUT2D eigenvalue weighted by Gasteiger charge is 2.38. The second-order valence-corrected chi connectivity index (χ2v) is 5.00. The summed E-state index contributed by atoms with van der Waals surface area (Å²) in [7, 11) is 0. The lowest BCUT2D eigenvalue weighted by atomic mass is 10.2. The summed E-state index contributed by atoms with van der Waals surface area (Å²) in [5, 5.41) is 0. The first kappa shape index (κ1) is 12.8. The number of amides is 1. The topological polar surface area (TPSA) is 55.8 Å². The first-order valence-electron chi connectivity index (χ1n) is 5.45. The number of likely N-dealkylation sites (tertiary alicyclic amines) is 1. The number of nitrogens with zero attached hydrogens (tertiary/aromatic N) is 1. The van der Waals surface area contributed by atoms with Crippen LogP contribution >= 0.6 is 0 Å². The zero-order chi connectivity index (χ0) is 12.3. The Balaban J connectivity index is 2.67. The molecule has 0 bridgehead atoms. The molecule has 0 aliphatic carbocycles. The van der Waals surface area contributed by atoms with E-state index in [1.165, 1.54) is 4.90 Å². The number of ether oxygens (including phenoxy) is 2. The molecule has 1 aliphatic heterocycles. The molecule has 0 aromatic heterocycles. The number of carbonyl (C=O) groups excluding carboxylic acids is 2. The molecule has 0 unspecified atom stereocenters. The highest BCUT2D eigenvalue weighted by molar-refractivity contribution is 5.69. The minimum Gasteiger partial charge on any atom is -0.444 e. The van der Waals surface area contributed by atoms with Crippen LogP contribution in [0.1, 0.15) is 40.5 Å². The molecular weight excluding hydrogens is 210 g/mol. The molecule has 1 heterocycles. The van der Waals surface area contributed by atoms with Gasteiger partial charge in [-0.25, -0.2) is 4.79 Å². The van der Waals surface area contributed by atoms with E-state index in [9.17, 15) is 9.59 Å². The molecular formula is C11H19NO4. The van der Waals surface area contributed by atoms with Crippen molar-refractivity contribution in [2.75, 3.05) is 0 Å². The second-order valence-electron chi connectivity index (χ2n) is 5.00. The normalized spacial score (nSPS) is 25.4. The molecule has 1 saturated heterocycles. The van der Waals surface area contributed by atoms with Crippen molar-refractivity contribution < 1.29 is 19.1 Å². The van der Waals surface area contributed by atoms with E-state index in [1.54, 1.807) is 20.8 Å². The summed E-state index contributed by atoms with van der Waals surface area (Å²) in [5.74, 6) is 0. The Bertz CT molecular complexity index is 272. The zero-order valence-electron chi connectivity index (χ0n) is 10.2. The lowest BCUT2D eigenvalue weighted by Gasteiger charge is -2.30. The molecule has 1 amide bonds. The Morgan fingerprint density at radius 3 is 2.50 bits per heavy atom. The van der Waals surface area contributed by atoms with Crippen LogP contribution < -0.4 is 0 Å². The van der Waals surface area contributed by atoms with Crippen LogP contribution in [0.4, 0.5) is 4.79 Å². The Morgan fingerprint density at radius 1 is 1.38 bits per heavy atom. The molecule has 5 heteroatoms. The molecule has 0 saturated carbocycles. The van der Waals surface area contributed by atoms with Crippen molar-refractivity contribution in [1.29, 1.82) is 0 Å². The van der Waals surface area contributed by atoms with Crippen molar-refractivity contribution in [3.05, 3.63) is 0 Å². The number of hydrogen-bond acceptors (Lipinski definition) is 4. The molecule has 16 heavy (non-hydrogen) atoms. The van der Waals surface area contributed by atoms with Crippen molar-refractivity contribution >= 4 is 12.6 Å². The highest BCUT2D eigenvalue weighted by atomic mass is 16.6. The second kappa shape index (κ2) is 4.72. The Morgan fingerprint density at radius 2 is 2.00 bits per heavy atom. The maximum Gasteiger partial charge on any atom is 0.413 e. The number of hydrogen-bond donors (Lipinski definition) is 0. The van der Waals surface area contributed by atoms with Gasteiger partial charge in [-0.1, -0.05) is 0 Å². The Labute approximate surface area is 95.7 Å². The summed E-state index contributed by atoms with van der Waals surface area (Å²) in [5.41, 5.74) is -0.537. The molecule has 1 aliphatic rings. The van der Waals surface area contributed by atoms with E-state index in [-0.39, 0.29) is 6.04 Å². The summed E-state index contributed by atoms with van der Waals surface area (Å²) in [6, 6.07) is 0.0415. The average molecular weight is 229 g/mol. The minimum absolute atomic E-state index is 0.0415. The predicted molar refractivity (Wildman–Crippen MR) is 57.7 cm³/mol. The van der Waals surface area contributed by atoms with Crippen molar-refractivity contribution in [1.82, 2.24) is 4.90 Å². The molecule has 0 aromatic rings. The van der Waals surface area contributed by atoms with E-state index < -0.39 is 17.9 Å². The SMILES string of the molecule is C[C@H]1CC[C@@H](OC=O)N1C(=O)OC(C)(C)C. The molecule has 2 atom stereocenters. The molecule has 0 radical (unpaired) electrons. The van der Waals surface area contributed by atoms with Gasteiger partial charge in [-0.05, 0) is 34.1 Å². The van der Waals surface area contributed by atoms with Crippen LogP contribution in [0.25, 0.3) is 0 Å². The molecule has 92 valence electrons. The Hall–Kier alpha value is -1.26. The minimum atomic E-state index is -0.537. The first-order valence-corrected chi connectivity index (χ1v) is 5.45. The van der Waals surface area contributed by atoms with Crippen molar-refractivity contribution in [3.63, 3.8) is 0 Å². The van der Waals surface area contributed by atoms with Crippen LogP contribution in [-0.2, 0) is 14.3 Å². The number of carbonyl (C=O) groups is 2. The fraction of sp³-hybridized carbons (Fsp3) is 0.818. The van der Waals surface area contributed by atoms with Gasteiger partial charge >= 0.3 is 6.09 Å². The summed E-state index contributed by atoms with van der Waals surface area (Å²) < 4.78 is 10.1. The van der Waals surface area contributed by atoms with Gasteiger partial charge in [0.05, 0.1) is 0 Å². The van der Waals surface area contributed by atoms with E-state index in [4.69, 9.17) is 9.47 Å². The maximum atomic E-state index is 11.9. The van der Waals surface area contributed by atoms with Crippen LogP contribution in [0, 0.1) is 0 Å². The van der Waals surface area contributed by atoms with Crippen LogP contribution in [0.5, 0.6) is 0 Å². The predicted octanol–water partition coefficient (Wildman–Crippen LogP) is 1.90. The first-order chi connectivity index (χ1) is 7.35. The van der Waals surface area contributed by atoms with Crippen molar-refractivity contribution in [2.24, 2.45) is 0 Å². The van der Waals surface area contributed by atoms with E-state index >= 15 is 0 Å². The van der Waals surface area contributed by atoms with E-state index in [0.717, 1.165) is 6.42 Å². The molecule has 0 spiro atoms. The standard InChI is InChI=1S/C11H19NO4/c1-8-5-6-9(15-7-13)12(8)10(14)16-11(2,3)4/h7-9H,5-6H2,1-4H3/t8-,9+/m0/s1. The van der Waals surface area contributed by atoms with Gasteiger partial charge in [-0.2, -0.15) is 0 Å². The molecule has 5 nitrogen and oxygen atoms in total. The quantitative estimate of drug-likeness (QED) is 0.679. The largest absolute Gasteiger partial charge is 0.444 e. The third-order valence-corrected chi connectivity index (χ3v) is 2.43. The van der Waals surface area contributed by atoms with Gasteiger partial charge in [0.2, 0.25) is 0 Å². The monoisotopic (exact) mass is 229 g/mol. The molecule has 1 fully saturated rings. The highest BCUT2D eigenvalue weighted by Crippen LogP contribution is 2.26. The molecule has 0 aromatic carbocycles. The van der Waals surface area contributed by atoms with Crippen LogP contribution in [0.3, 0.4) is 0 Å². The zero-order valence-corrected chi connectivity index (χ0v) is 10.2. The van der Waals surface area contributed by atoms with Gasteiger partial charge in [0.15, 0.2) is 6.23 Å². The van der Waals surface area contributed by atoms with E-state index in [1.807, 2.05) is 6.92 Å². The van der Waals surface area contributed by atoms with Gasteiger partial charge in [0.1, 0.15) is 5.60 Å². The van der Waals surface area contributed by atoms with Gasteiger partial charge in [0.25, 0.3) is 6.47 Å². The fourth-order valence-corrected chi connectivity index (χ4v) is 1.76. The summed E-state index contributed by atoms with van der Waals surface area (Å²) >= 11 is 0. The van der Waals surface area contributed by atoms with Crippen LogP contribution in [0.2, 0.25) is 0 Å². The summed E-state index contributed by atoms with van der Waals surface area (Å²) in [6.07, 6.45) is 0.573. The van der Waals surface area contributed by atoms with Gasteiger partial charge < -0.3 is 9.47 Å². The third kappa shape index (κ3) is 3.12. The third-order valence-electron chi connectivity index (χ3n) is 2.43. The van der Waals surface area contributed by atoms with E-state index in [2.05, 4.69) is 0 Å². The van der Waals surface area contributed by atoms with Crippen LogP contribution in [-0.4, -0.2) is 35.3 Å². The van der Waals surface area contributed by atoms with E-state index in [0.29, 0.717) is 12.9 Å². The van der Waals surface area contributed by atoms with Gasteiger partial charge in [-0.15, -0.1) is 0 Å². The fourth-order valence-electron chi connectivity index (χ4n) is 1.76. The lowest BCUT2D eigenvalue weighted by Crippen LogP contribution is -2.44. The maximum absolute atomic E-state index is 11.9. The smallest absolute Gasteiger partial charge is 0.413 e. The molecule has 1 rings (SSSR count). The summed E-state index contributed by atoms with van der Waals surface area (Å²) in [6.45, 7) is 7.71. The summed E-state index contributed by atoms with van der Waals surface area (Å²) in [4.78, 5) is 23.7. The number of rotatable bonds is 2. The van der Waals surface area contributed by atoms with Crippen molar-refractivity contribution in [3.8, 4) is 0 Å².